The molecule has 1 N–H and O–H groups in total. The normalized spacial score (nSPS) is 11.1. The molecule has 0 saturated heterocycles. The molecule has 30 heavy (non-hydrogen) atoms. The van der Waals surface area contributed by atoms with Crippen LogP contribution in [-0.4, -0.2) is 28.3 Å². The number of rotatable bonds is 8. The van der Waals surface area contributed by atoms with Crippen LogP contribution in [0, 0.1) is 20.8 Å². The molecular formula is C22H27N3O3S2. The highest BCUT2D eigenvalue weighted by Gasteiger charge is 2.18. The van der Waals surface area contributed by atoms with Crippen LogP contribution in [0.1, 0.15) is 35.8 Å². The molecule has 3 rings (SSSR count). The van der Waals surface area contributed by atoms with Crippen LogP contribution in [0.2, 0.25) is 0 Å². The Kier molecular flexibility index (Phi) is 7.20. The lowest BCUT2D eigenvalue weighted by Crippen LogP contribution is -2.24. The number of amides is 1. The molecule has 1 amide bonds. The molecule has 2 aromatic heterocycles. The fourth-order valence-corrected chi connectivity index (χ4v) is 5.06. The Bertz CT molecular complexity index is 1130. The second kappa shape index (κ2) is 9.66. The number of unbranched alkanes of at least 4 members (excludes halogenated alkanes) is 1. The van der Waals surface area contributed by atoms with Crippen molar-refractivity contribution in [3.05, 3.63) is 44.6 Å². The van der Waals surface area contributed by atoms with Gasteiger partial charge in [0.25, 0.3) is 5.56 Å². The van der Waals surface area contributed by atoms with Gasteiger partial charge < -0.3 is 10.1 Å². The highest BCUT2D eigenvalue weighted by molar-refractivity contribution is 7.99. The van der Waals surface area contributed by atoms with Gasteiger partial charge in [0.1, 0.15) is 10.6 Å². The number of nitrogens with zero attached hydrogens (tertiary/aromatic N) is 2. The van der Waals surface area contributed by atoms with E-state index in [4.69, 9.17) is 9.72 Å². The summed E-state index contributed by atoms with van der Waals surface area (Å²) in [6.45, 7) is 8.62. The number of hydrogen-bond donors (Lipinski definition) is 1. The number of methoxy groups -OCH3 is 1. The number of aromatic nitrogens is 2. The first kappa shape index (κ1) is 22.4. The molecular weight excluding hydrogens is 418 g/mol. The highest BCUT2D eigenvalue weighted by atomic mass is 32.2. The quantitative estimate of drug-likeness (QED) is 0.393. The van der Waals surface area contributed by atoms with Crippen molar-refractivity contribution in [2.75, 3.05) is 18.2 Å². The van der Waals surface area contributed by atoms with Crippen LogP contribution >= 0.6 is 23.1 Å². The lowest BCUT2D eigenvalue weighted by molar-refractivity contribution is -0.113. The molecule has 0 fully saturated rings. The molecule has 0 spiro atoms. The molecule has 0 bridgehead atoms. The van der Waals surface area contributed by atoms with E-state index in [0.717, 1.165) is 33.7 Å². The lowest BCUT2D eigenvalue weighted by atomic mass is 10.2. The summed E-state index contributed by atoms with van der Waals surface area (Å²) >= 11 is 2.82. The average molecular weight is 446 g/mol. The number of nitrogens with one attached hydrogen (secondary N) is 1. The van der Waals surface area contributed by atoms with Gasteiger partial charge in [-0.2, -0.15) is 0 Å². The van der Waals surface area contributed by atoms with Gasteiger partial charge in [0.2, 0.25) is 5.91 Å². The fourth-order valence-electron chi connectivity index (χ4n) is 3.17. The van der Waals surface area contributed by atoms with Crippen molar-refractivity contribution in [2.24, 2.45) is 0 Å². The first-order valence-electron chi connectivity index (χ1n) is 9.93. The van der Waals surface area contributed by atoms with Gasteiger partial charge in [-0.1, -0.05) is 31.2 Å². The number of aryl methyl sites for hydroxylation is 3. The van der Waals surface area contributed by atoms with E-state index in [2.05, 4.69) is 12.2 Å². The minimum absolute atomic E-state index is 0.0152. The third-order valence-electron chi connectivity index (χ3n) is 4.95. The number of carbonyl (C=O) groups excluding carboxylic acids is 1. The summed E-state index contributed by atoms with van der Waals surface area (Å²) in [6, 6.07) is 5.64. The minimum atomic E-state index is -0.168. The zero-order valence-electron chi connectivity index (χ0n) is 18.0. The predicted octanol–water partition coefficient (Wildman–Crippen LogP) is 4.92. The van der Waals surface area contributed by atoms with Crippen molar-refractivity contribution in [1.29, 1.82) is 0 Å². The van der Waals surface area contributed by atoms with Gasteiger partial charge in [0, 0.05) is 11.4 Å². The molecule has 1 aromatic carbocycles. The first-order chi connectivity index (χ1) is 14.3. The third-order valence-corrected chi connectivity index (χ3v) is 7.03. The van der Waals surface area contributed by atoms with Gasteiger partial charge in [-0.15, -0.1) is 11.3 Å². The molecule has 3 aromatic rings. The monoisotopic (exact) mass is 445 g/mol. The molecule has 0 aliphatic rings. The van der Waals surface area contributed by atoms with Gasteiger partial charge in [-0.25, -0.2) is 4.98 Å². The predicted molar refractivity (Wildman–Crippen MR) is 125 cm³/mol. The Morgan fingerprint density at radius 1 is 1.30 bits per heavy atom. The Labute approximate surface area is 184 Å². The van der Waals surface area contributed by atoms with Gasteiger partial charge in [-0.05, 0) is 50.5 Å². The molecule has 2 heterocycles. The summed E-state index contributed by atoms with van der Waals surface area (Å²) in [5.41, 5.74) is 2.65. The maximum atomic E-state index is 13.1. The number of thioether (sulfide) groups is 1. The lowest BCUT2D eigenvalue weighted by Gasteiger charge is -2.13. The van der Waals surface area contributed by atoms with Gasteiger partial charge >= 0.3 is 0 Å². The van der Waals surface area contributed by atoms with E-state index in [1.807, 2.05) is 39.0 Å². The summed E-state index contributed by atoms with van der Waals surface area (Å²) < 4.78 is 7.05. The molecule has 160 valence electrons. The smallest absolute Gasteiger partial charge is 0.263 e. The van der Waals surface area contributed by atoms with Crippen molar-refractivity contribution >= 4 is 44.9 Å². The van der Waals surface area contributed by atoms with E-state index < -0.39 is 0 Å². The third kappa shape index (κ3) is 4.70. The Hall–Kier alpha value is -2.32. The molecule has 8 heteroatoms. The molecule has 0 aliphatic carbocycles. The average Bonchev–Trinajstić information content (AvgIpc) is 3.00. The second-order valence-electron chi connectivity index (χ2n) is 7.21. The summed E-state index contributed by atoms with van der Waals surface area (Å²) in [6.07, 6.45) is 1.86. The van der Waals surface area contributed by atoms with Crippen molar-refractivity contribution in [1.82, 2.24) is 9.55 Å². The van der Waals surface area contributed by atoms with Crippen molar-refractivity contribution < 1.29 is 9.53 Å². The number of fused-ring (bicyclic) bond motifs is 1. The van der Waals surface area contributed by atoms with E-state index in [1.165, 1.54) is 23.1 Å². The number of thiophene rings is 1. The maximum Gasteiger partial charge on any atom is 0.263 e. The van der Waals surface area contributed by atoms with Gasteiger partial charge in [0.05, 0.1) is 23.9 Å². The van der Waals surface area contributed by atoms with Crippen LogP contribution in [-0.2, 0) is 11.3 Å². The Balaban J connectivity index is 1.85. The number of carbonyl (C=O) groups is 1. The van der Waals surface area contributed by atoms with Gasteiger partial charge in [0.15, 0.2) is 5.16 Å². The van der Waals surface area contributed by atoms with Crippen LogP contribution in [0.3, 0.4) is 0 Å². The van der Waals surface area contributed by atoms with Crippen molar-refractivity contribution in [2.45, 2.75) is 52.2 Å². The van der Waals surface area contributed by atoms with E-state index in [-0.39, 0.29) is 17.2 Å². The van der Waals surface area contributed by atoms with E-state index in [0.29, 0.717) is 28.5 Å². The molecule has 0 unspecified atom stereocenters. The van der Waals surface area contributed by atoms with E-state index >= 15 is 0 Å². The van der Waals surface area contributed by atoms with Crippen LogP contribution in [0.5, 0.6) is 5.75 Å². The van der Waals surface area contributed by atoms with Gasteiger partial charge in [-0.3, -0.25) is 14.2 Å². The Morgan fingerprint density at radius 3 is 2.77 bits per heavy atom. The second-order valence-corrected chi connectivity index (χ2v) is 9.35. The highest BCUT2D eigenvalue weighted by Crippen LogP contribution is 2.29. The first-order valence-corrected chi connectivity index (χ1v) is 11.7. The zero-order chi connectivity index (χ0) is 21.8. The number of benzene rings is 1. The van der Waals surface area contributed by atoms with E-state index in [9.17, 15) is 9.59 Å². The number of ether oxygens (including phenoxy) is 1. The largest absolute Gasteiger partial charge is 0.495 e. The zero-order valence-corrected chi connectivity index (χ0v) is 19.6. The molecule has 6 nitrogen and oxygen atoms in total. The van der Waals surface area contributed by atoms with E-state index in [1.54, 1.807) is 11.7 Å². The van der Waals surface area contributed by atoms with Crippen molar-refractivity contribution in [3.63, 3.8) is 0 Å². The number of anilines is 1. The summed E-state index contributed by atoms with van der Waals surface area (Å²) in [7, 11) is 1.58. The molecule has 0 radical (unpaired) electrons. The van der Waals surface area contributed by atoms with Crippen LogP contribution in [0.15, 0.2) is 28.2 Å². The maximum absolute atomic E-state index is 13.1. The van der Waals surface area contributed by atoms with Crippen LogP contribution in [0.4, 0.5) is 5.69 Å². The fraction of sp³-hybridized carbons (Fsp3) is 0.409. The SMILES string of the molecule is CCCCn1c(SCC(=O)Nc2cc(C)ccc2OC)nc2sc(C)c(C)c2c1=O. The topological polar surface area (TPSA) is 73.2 Å². The molecule has 0 atom stereocenters. The number of hydrogen-bond acceptors (Lipinski definition) is 6. The summed E-state index contributed by atoms with van der Waals surface area (Å²) in [5, 5.41) is 4.19. The Morgan fingerprint density at radius 2 is 2.07 bits per heavy atom. The van der Waals surface area contributed by atoms with Crippen LogP contribution in [0.25, 0.3) is 10.2 Å². The standard InChI is InChI=1S/C22H27N3O3S2/c1-6-7-10-25-21(27)19-14(3)15(4)30-20(19)24-22(25)29-12-18(26)23-16-11-13(2)8-9-17(16)28-5/h8-9,11H,6-7,10,12H2,1-5H3,(H,23,26). The van der Waals surface area contributed by atoms with Crippen molar-refractivity contribution in [3.8, 4) is 5.75 Å². The molecule has 0 aliphatic heterocycles. The summed E-state index contributed by atoms with van der Waals surface area (Å²) in [4.78, 5) is 32.3. The molecule has 0 saturated carbocycles. The minimum Gasteiger partial charge on any atom is -0.495 e. The summed E-state index contributed by atoms with van der Waals surface area (Å²) in [5.74, 6) is 0.603. The van der Waals surface area contributed by atoms with Crippen LogP contribution < -0.4 is 15.6 Å².